The third kappa shape index (κ3) is 2.70. The molecule has 0 saturated carbocycles. The molecule has 2 heterocycles. The van der Waals surface area contributed by atoms with Crippen LogP contribution in [0.4, 0.5) is 0 Å². The van der Waals surface area contributed by atoms with Crippen LogP contribution in [0, 0.1) is 0 Å². The molecular formula is C18H14N4O3S. The van der Waals surface area contributed by atoms with Crippen LogP contribution in [0.25, 0.3) is 26.8 Å². The van der Waals surface area contributed by atoms with Crippen LogP contribution in [0.5, 0.6) is 11.5 Å². The first-order valence-electron chi connectivity index (χ1n) is 7.75. The molecule has 2 aromatic heterocycles. The second-order valence-corrected chi connectivity index (χ2v) is 6.35. The number of fused-ring (bicyclic) bond motifs is 1. The third-order valence-corrected chi connectivity index (χ3v) is 4.82. The first-order chi connectivity index (χ1) is 12.7. The molecule has 8 heteroatoms. The fourth-order valence-corrected chi connectivity index (χ4v) is 3.41. The number of rotatable bonds is 4. The van der Waals surface area contributed by atoms with Crippen LogP contribution < -0.4 is 15.0 Å². The highest BCUT2D eigenvalue weighted by Gasteiger charge is 2.15. The zero-order valence-corrected chi connectivity index (χ0v) is 14.9. The van der Waals surface area contributed by atoms with Gasteiger partial charge in [0.1, 0.15) is 5.01 Å². The lowest BCUT2D eigenvalue weighted by atomic mass is 10.2. The van der Waals surface area contributed by atoms with Gasteiger partial charge in [0.25, 0.3) is 0 Å². The fourth-order valence-electron chi connectivity index (χ4n) is 2.58. The molecule has 0 atom stereocenters. The van der Waals surface area contributed by atoms with Crippen molar-refractivity contribution >= 4 is 16.3 Å². The Hall–Kier alpha value is -3.26. The van der Waals surface area contributed by atoms with Gasteiger partial charge in [-0.25, -0.2) is 0 Å². The van der Waals surface area contributed by atoms with Crippen molar-refractivity contribution in [2.45, 2.75) is 0 Å². The van der Waals surface area contributed by atoms with Gasteiger partial charge in [-0.1, -0.05) is 41.7 Å². The summed E-state index contributed by atoms with van der Waals surface area (Å²) in [7, 11) is 3.15. The molecule has 7 nitrogen and oxygen atoms in total. The number of benzene rings is 2. The van der Waals surface area contributed by atoms with Gasteiger partial charge in [0.05, 0.1) is 14.2 Å². The van der Waals surface area contributed by atoms with Gasteiger partial charge in [-0.2, -0.15) is 9.61 Å². The molecular weight excluding hydrogens is 352 g/mol. The summed E-state index contributed by atoms with van der Waals surface area (Å²) in [6.45, 7) is 0. The predicted molar refractivity (Wildman–Crippen MR) is 98.9 cm³/mol. The average Bonchev–Trinajstić information content (AvgIpc) is 3.13. The molecule has 4 aromatic rings. The van der Waals surface area contributed by atoms with Crippen molar-refractivity contribution in [2.24, 2.45) is 0 Å². The SMILES string of the molecule is COc1ccc(-c2nn3c(=O)c(-c4ccccc4)nnc3s2)cc1OC. The van der Waals surface area contributed by atoms with Crippen molar-refractivity contribution in [3.05, 3.63) is 58.9 Å². The minimum absolute atomic E-state index is 0.271. The highest BCUT2D eigenvalue weighted by molar-refractivity contribution is 7.19. The number of hydrogen-bond donors (Lipinski definition) is 0. The standard InChI is InChI=1S/C18H14N4O3S/c1-24-13-9-8-12(10-14(13)25-2)16-21-22-17(23)15(19-20-18(22)26-16)11-6-4-3-5-7-11/h3-10H,1-2H3. The Morgan fingerprint density at radius 1 is 0.923 bits per heavy atom. The van der Waals surface area contributed by atoms with Crippen molar-refractivity contribution in [3.63, 3.8) is 0 Å². The van der Waals surface area contributed by atoms with E-state index in [9.17, 15) is 4.79 Å². The van der Waals surface area contributed by atoms with Gasteiger partial charge in [-0.05, 0) is 18.2 Å². The summed E-state index contributed by atoms with van der Waals surface area (Å²) in [5, 5.41) is 13.3. The first-order valence-corrected chi connectivity index (χ1v) is 8.57. The van der Waals surface area contributed by atoms with Crippen LogP contribution in [-0.2, 0) is 0 Å². The normalized spacial score (nSPS) is 10.8. The summed E-state index contributed by atoms with van der Waals surface area (Å²) in [5.74, 6) is 1.22. The Morgan fingerprint density at radius 2 is 1.69 bits per heavy atom. The average molecular weight is 366 g/mol. The van der Waals surface area contributed by atoms with E-state index in [0.717, 1.165) is 5.56 Å². The van der Waals surface area contributed by atoms with Gasteiger partial charge in [0, 0.05) is 11.1 Å². The monoisotopic (exact) mass is 366 g/mol. The Labute approximate surface area is 152 Å². The van der Waals surface area contributed by atoms with E-state index in [0.29, 0.717) is 27.0 Å². The van der Waals surface area contributed by atoms with Crippen molar-refractivity contribution in [3.8, 4) is 33.3 Å². The summed E-state index contributed by atoms with van der Waals surface area (Å²) in [6.07, 6.45) is 0. The molecule has 0 fully saturated rings. The van der Waals surface area contributed by atoms with Gasteiger partial charge in [-0.3, -0.25) is 4.79 Å². The molecule has 4 rings (SSSR count). The van der Waals surface area contributed by atoms with Crippen molar-refractivity contribution in [2.75, 3.05) is 14.2 Å². The number of nitrogens with zero attached hydrogens (tertiary/aromatic N) is 4. The maximum Gasteiger partial charge on any atom is 0.302 e. The van der Waals surface area contributed by atoms with Crippen LogP contribution >= 0.6 is 11.3 Å². The molecule has 0 unspecified atom stereocenters. The van der Waals surface area contributed by atoms with Crippen LogP contribution in [0.1, 0.15) is 0 Å². The first kappa shape index (κ1) is 16.2. The topological polar surface area (TPSA) is 78.6 Å². The molecule has 0 radical (unpaired) electrons. The van der Waals surface area contributed by atoms with Crippen molar-refractivity contribution in [1.82, 2.24) is 19.8 Å². The Kier molecular flexibility index (Phi) is 4.10. The van der Waals surface area contributed by atoms with Crippen LogP contribution in [0.2, 0.25) is 0 Å². The molecule has 0 aliphatic rings. The second kappa shape index (κ2) is 6.57. The van der Waals surface area contributed by atoms with Gasteiger partial charge in [0.15, 0.2) is 17.2 Å². The molecule has 0 amide bonds. The zero-order valence-electron chi connectivity index (χ0n) is 14.0. The van der Waals surface area contributed by atoms with Crippen LogP contribution in [0.15, 0.2) is 53.3 Å². The fraction of sp³-hybridized carbons (Fsp3) is 0.111. The summed E-state index contributed by atoms with van der Waals surface area (Å²) in [4.78, 5) is 13.2. The van der Waals surface area contributed by atoms with E-state index in [-0.39, 0.29) is 11.3 Å². The minimum Gasteiger partial charge on any atom is -0.493 e. The number of aromatic nitrogens is 4. The minimum atomic E-state index is -0.302. The van der Waals surface area contributed by atoms with Crippen LogP contribution in [0.3, 0.4) is 0 Å². The molecule has 0 N–H and O–H groups in total. The van der Waals surface area contributed by atoms with Crippen LogP contribution in [-0.4, -0.2) is 34.0 Å². The van der Waals surface area contributed by atoms with E-state index < -0.39 is 0 Å². The number of hydrogen-bond acceptors (Lipinski definition) is 7. The Balaban J connectivity index is 1.84. The zero-order chi connectivity index (χ0) is 18.1. The van der Waals surface area contributed by atoms with E-state index >= 15 is 0 Å². The molecule has 0 bridgehead atoms. The molecule has 130 valence electrons. The number of methoxy groups -OCH3 is 2. The maximum atomic E-state index is 12.8. The van der Waals surface area contributed by atoms with Crippen molar-refractivity contribution in [1.29, 1.82) is 0 Å². The predicted octanol–water partition coefficient (Wildman–Crippen LogP) is 2.90. The number of ether oxygens (including phenoxy) is 2. The quantitative estimate of drug-likeness (QED) is 0.553. The van der Waals surface area contributed by atoms with E-state index in [1.54, 1.807) is 20.3 Å². The second-order valence-electron chi connectivity index (χ2n) is 5.39. The summed E-state index contributed by atoms with van der Waals surface area (Å²) in [5.41, 5.74) is 1.48. The summed E-state index contributed by atoms with van der Waals surface area (Å²) < 4.78 is 11.9. The molecule has 0 aliphatic carbocycles. The van der Waals surface area contributed by atoms with E-state index in [2.05, 4.69) is 15.3 Å². The lowest BCUT2D eigenvalue weighted by Gasteiger charge is -2.07. The third-order valence-electron chi connectivity index (χ3n) is 3.87. The largest absolute Gasteiger partial charge is 0.493 e. The van der Waals surface area contributed by atoms with E-state index in [1.807, 2.05) is 42.5 Å². The smallest absolute Gasteiger partial charge is 0.302 e. The Morgan fingerprint density at radius 3 is 2.42 bits per heavy atom. The summed E-state index contributed by atoms with van der Waals surface area (Å²) in [6, 6.07) is 14.7. The van der Waals surface area contributed by atoms with Gasteiger partial charge in [0.2, 0.25) is 4.96 Å². The highest BCUT2D eigenvalue weighted by atomic mass is 32.1. The van der Waals surface area contributed by atoms with Gasteiger partial charge in [-0.15, -0.1) is 10.2 Å². The lowest BCUT2D eigenvalue weighted by molar-refractivity contribution is 0.355. The molecule has 26 heavy (non-hydrogen) atoms. The van der Waals surface area contributed by atoms with Crippen molar-refractivity contribution < 1.29 is 9.47 Å². The molecule has 0 spiro atoms. The van der Waals surface area contributed by atoms with E-state index in [4.69, 9.17) is 9.47 Å². The summed E-state index contributed by atoms with van der Waals surface area (Å²) >= 11 is 1.28. The highest BCUT2D eigenvalue weighted by Crippen LogP contribution is 2.33. The lowest BCUT2D eigenvalue weighted by Crippen LogP contribution is -2.19. The maximum absolute atomic E-state index is 12.8. The van der Waals surface area contributed by atoms with E-state index in [1.165, 1.54) is 15.9 Å². The molecule has 2 aromatic carbocycles. The van der Waals surface area contributed by atoms with Gasteiger partial charge >= 0.3 is 5.56 Å². The molecule has 0 saturated heterocycles. The van der Waals surface area contributed by atoms with Gasteiger partial charge < -0.3 is 9.47 Å². The Bertz CT molecular complexity index is 1140. The molecule has 0 aliphatic heterocycles.